The molecule has 0 aromatic carbocycles. The van der Waals surface area contributed by atoms with Gasteiger partial charge in [-0.25, -0.2) is 0 Å². The molecular weight excluding hydrogens is 340 g/mol. The molecule has 158 valence electrons. The van der Waals surface area contributed by atoms with Gasteiger partial charge in [-0.2, -0.15) is 0 Å². The molecule has 1 N–H and O–H groups in total. The normalized spacial score (nSPS) is 48.8. The van der Waals surface area contributed by atoms with Gasteiger partial charge in [0.1, 0.15) is 0 Å². The van der Waals surface area contributed by atoms with E-state index in [1.807, 2.05) is 0 Å². The van der Waals surface area contributed by atoms with Crippen molar-refractivity contribution in [3.8, 4) is 11.8 Å². The van der Waals surface area contributed by atoms with Gasteiger partial charge < -0.3 is 5.11 Å². The summed E-state index contributed by atoms with van der Waals surface area (Å²) in [5.74, 6) is 12.6. The Hall–Kier alpha value is -0.480. The Labute approximate surface area is 174 Å². The van der Waals surface area contributed by atoms with Gasteiger partial charge in [0.15, 0.2) is 0 Å². The molecule has 4 saturated carbocycles. The molecule has 9 atom stereocenters. The molecule has 0 aliphatic heterocycles. The van der Waals surface area contributed by atoms with E-state index in [2.05, 4.69) is 46.5 Å². The predicted molar refractivity (Wildman–Crippen MR) is 118 cm³/mol. The van der Waals surface area contributed by atoms with Gasteiger partial charge in [-0.05, 0) is 104 Å². The van der Waals surface area contributed by atoms with Crippen molar-refractivity contribution in [2.45, 2.75) is 105 Å². The highest BCUT2D eigenvalue weighted by atomic mass is 16.3. The molecule has 4 fully saturated rings. The van der Waals surface area contributed by atoms with Crippen LogP contribution in [-0.4, -0.2) is 11.2 Å². The van der Waals surface area contributed by atoms with E-state index in [1.165, 1.54) is 44.9 Å². The Morgan fingerprint density at radius 2 is 1.61 bits per heavy atom. The molecule has 4 aliphatic rings. The lowest BCUT2D eigenvalue weighted by molar-refractivity contribution is -0.129. The third-order valence-corrected chi connectivity index (χ3v) is 10.2. The summed E-state index contributed by atoms with van der Waals surface area (Å²) in [6.45, 7) is 12.2. The molecule has 4 rings (SSSR count). The number of fused-ring (bicyclic) bond motifs is 5. The highest BCUT2D eigenvalue weighted by molar-refractivity contribution is 5.11. The molecule has 0 aromatic rings. The van der Waals surface area contributed by atoms with Gasteiger partial charge in [-0.3, -0.25) is 0 Å². The van der Waals surface area contributed by atoms with Gasteiger partial charge in [0.05, 0.1) is 6.10 Å². The van der Waals surface area contributed by atoms with E-state index in [-0.39, 0.29) is 6.10 Å². The van der Waals surface area contributed by atoms with Crippen LogP contribution < -0.4 is 0 Å². The fraction of sp³-hybridized carbons (Fsp3) is 0.926. The molecule has 2 unspecified atom stereocenters. The smallest absolute Gasteiger partial charge is 0.0543 e. The van der Waals surface area contributed by atoms with Crippen LogP contribution in [0.5, 0.6) is 0 Å². The molecular formula is C27H44O. The predicted octanol–water partition coefficient (Wildman–Crippen LogP) is 6.69. The van der Waals surface area contributed by atoms with Crippen molar-refractivity contribution in [2.24, 2.45) is 52.3 Å². The van der Waals surface area contributed by atoms with Crippen LogP contribution in [0.1, 0.15) is 98.8 Å². The lowest BCUT2D eigenvalue weighted by atomic mass is 9.44. The third-order valence-electron chi connectivity index (χ3n) is 10.2. The Morgan fingerprint density at radius 3 is 2.36 bits per heavy atom. The fourth-order valence-corrected chi connectivity index (χ4v) is 8.78. The summed E-state index contributed by atoms with van der Waals surface area (Å²) in [5, 5.41) is 10.2. The van der Waals surface area contributed by atoms with E-state index in [4.69, 9.17) is 0 Å². The highest BCUT2D eigenvalue weighted by Gasteiger charge is 2.60. The molecule has 0 radical (unpaired) electrons. The molecule has 0 amide bonds. The quantitative estimate of drug-likeness (QED) is 0.526. The molecule has 1 nitrogen and oxygen atoms in total. The van der Waals surface area contributed by atoms with E-state index < -0.39 is 0 Å². The van der Waals surface area contributed by atoms with Crippen molar-refractivity contribution in [3.05, 3.63) is 0 Å². The highest BCUT2D eigenvalue weighted by Crippen LogP contribution is 2.68. The number of hydrogen-bond acceptors (Lipinski definition) is 1. The van der Waals surface area contributed by atoms with Gasteiger partial charge in [0, 0.05) is 12.3 Å². The van der Waals surface area contributed by atoms with Crippen molar-refractivity contribution in [1.29, 1.82) is 0 Å². The Balaban J connectivity index is 1.50. The first-order valence-corrected chi connectivity index (χ1v) is 12.4. The summed E-state index contributed by atoms with van der Waals surface area (Å²) < 4.78 is 0. The number of hydrogen-bond donors (Lipinski definition) is 1. The van der Waals surface area contributed by atoms with Crippen LogP contribution in [0.2, 0.25) is 0 Å². The second kappa shape index (κ2) is 7.65. The minimum absolute atomic E-state index is 0.0212. The summed E-state index contributed by atoms with van der Waals surface area (Å²) in [6.07, 6.45) is 13.1. The van der Waals surface area contributed by atoms with Gasteiger partial charge in [-0.1, -0.05) is 34.6 Å². The average Bonchev–Trinajstić information content (AvgIpc) is 2.99. The van der Waals surface area contributed by atoms with Crippen LogP contribution in [0.3, 0.4) is 0 Å². The molecule has 0 bridgehead atoms. The van der Waals surface area contributed by atoms with Crippen LogP contribution in [-0.2, 0) is 0 Å². The van der Waals surface area contributed by atoms with Crippen molar-refractivity contribution < 1.29 is 5.11 Å². The number of rotatable bonds is 2. The van der Waals surface area contributed by atoms with Crippen LogP contribution in [0, 0.1) is 64.1 Å². The van der Waals surface area contributed by atoms with Crippen LogP contribution in [0.25, 0.3) is 0 Å². The molecule has 0 saturated heterocycles. The van der Waals surface area contributed by atoms with Gasteiger partial charge in [0.25, 0.3) is 0 Å². The molecule has 0 heterocycles. The Morgan fingerprint density at radius 1 is 0.893 bits per heavy atom. The standard InChI is InChI=1S/C27H44O/c1-18(2)7-6-8-19(3)23-11-12-24-22-10-9-20-17-21(28)13-15-26(20,4)25(22)14-16-27(23,24)5/h18-25,28H,8-17H2,1-5H3/t19-,20?,21?,22+,23-,24+,25+,26+,27-/m1/s1. The van der Waals surface area contributed by atoms with E-state index in [1.54, 1.807) is 0 Å². The molecule has 28 heavy (non-hydrogen) atoms. The maximum atomic E-state index is 10.2. The summed E-state index contributed by atoms with van der Waals surface area (Å²) in [5.41, 5.74) is 1.06. The minimum atomic E-state index is -0.0212. The molecule has 0 spiro atoms. The molecule has 4 aliphatic carbocycles. The summed E-state index contributed by atoms with van der Waals surface area (Å²) >= 11 is 0. The topological polar surface area (TPSA) is 20.2 Å². The average molecular weight is 385 g/mol. The first kappa shape index (κ1) is 20.8. The third kappa shape index (κ3) is 3.37. The number of aliphatic hydroxyl groups excluding tert-OH is 1. The largest absolute Gasteiger partial charge is 0.393 e. The zero-order chi connectivity index (χ0) is 20.1. The Kier molecular flexibility index (Phi) is 5.68. The number of aliphatic hydroxyl groups is 1. The molecule has 0 aromatic heterocycles. The van der Waals surface area contributed by atoms with Crippen molar-refractivity contribution >= 4 is 0 Å². The minimum Gasteiger partial charge on any atom is -0.393 e. The monoisotopic (exact) mass is 384 g/mol. The van der Waals surface area contributed by atoms with E-state index in [0.717, 1.165) is 54.8 Å². The van der Waals surface area contributed by atoms with E-state index in [0.29, 0.717) is 16.7 Å². The van der Waals surface area contributed by atoms with Crippen molar-refractivity contribution in [3.63, 3.8) is 0 Å². The van der Waals surface area contributed by atoms with Crippen molar-refractivity contribution in [2.75, 3.05) is 0 Å². The van der Waals surface area contributed by atoms with Gasteiger partial charge in [-0.15, -0.1) is 11.8 Å². The fourth-order valence-electron chi connectivity index (χ4n) is 8.78. The first-order chi connectivity index (χ1) is 13.3. The van der Waals surface area contributed by atoms with Crippen molar-refractivity contribution in [1.82, 2.24) is 0 Å². The summed E-state index contributed by atoms with van der Waals surface area (Å²) in [7, 11) is 0. The summed E-state index contributed by atoms with van der Waals surface area (Å²) in [4.78, 5) is 0. The molecule has 1 heteroatoms. The lowest BCUT2D eigenvalue weighted by Gasteiger charge is -2.61. The van der Waals surface area contributed by atoms with Crippen LogP contribution >= 0.6 is 0 Å². The second-order valence-corrected chi connectivity index (χ2v) is 12.0. The van der Waals surface area contributed by atoms with E-state index in [9.17, 15) is 5.11 Å². The lowest BCUT2D eigenvalue weighted by Crippen LogP contribution is -2.54. The SMILES string of the molecule is CC(C)C#CC[C@@H](C)[C@H]1CC[C@H]2[C@@H]3CCC4CC(O)CC[C@]4(C)[C@H]3CC[C@]12C. The van der Waals surface area contributed by atoms with Crippen LogP contribution in [0.4, 0.5) is 0 Å². The maximum Gasteiger partial charge on any atom is 0.0543 e. The Bertz CT molecular complexity index is 626. The summed E-state index contributed by atoms with van der Waals surface area (Å²) in [6, 6.07) is 0. The van der Waals surface area contributed by atoms with Gasteiger partial charge >= 0.3 is 0 Å². The van der Waals surface area contributed by atoms with Crippen LogP contribution in [0.15, 0.2) is 0 Å². The zero-order valence-electron chi connectivity index (χ0n) is 19.1. The second-order valence-electron chi connectivity index (χ2n) is 12.0. The maximum absolute atomic E-state index is 10.2. The zero-order valence-corrected chi connectivity index (χ0v) is 19.1. The first-order valence-electron chi connectivity index (χ1n) is 12.4. The van der Waals surface area contributed by atoms with Gasteiger partial charge in [0.2, 0.25) is 0 Å². The van der Waals surface area contributed by atoms with E-state index >= 15 is 0 Å².